The lowest BCUT2D eigenvalue weighted by molar-refractivity contribution is 0.0734. The molecule has 5 rings (SSSR count). The largest absolute Gasteiger partial charge is 0.366 e. The van der Waals surface area contributed by atoms with E-state index in [1.54, 1.807) is 12.1 Å². The molecular formula is C31H33FN4O. The van der Waals surface area contributed by atoms with Crippen LogP contribution in [0.1, 0.15) is 42.4 Å². The number of carbonyl (C=O) groups is 1. The maximum atomic E-state index is 14.3. The standard InChI is InChI=1S/C31H33FN4O/c1-31(2,3)25-15-13-23(14-16-25)22-36-29(21-27(33-36)24-9-5-4-6-10-24)30(37)35-19-17-34(18-20-35)28-12-8-7-11-26(28)32/h4-16,21H,17-20,22H2,1-3H3. The first-order chi connectivity index (χ1) is 17.8. The topological polar surface area (TPSA) is 41.4 Å². The SMILES string of the molecule is CC(C)(C)c1ccc(Cn2nc(-c3ccccc3)cc2C(=O)N2CCN(c3ccccc3F)CC2)cc1. The third kappa shape index (κ3) is 5.43. The molecule has 1 amide bonds. The van der Waals surface area contributed by atoms with Crippen molar-refractivity contribution in [2.45, 2.75) is 32.7 Å². The van der Waals surface area contributed by atoms with Crippen molar-refractivity contribution in [2.24, 2.45) is 0 Å². The van der Waals surface area contributed by atoms with Gasteiger partial charge >= 0.3 is 0 Å². The van der Waals surface area contributed by atoms with E-state index in [0.717, 1.165) is 16.8 Å². The van der Waals surface area contributed by atoms with Gasteiger partial charge in [-0.2, -0.15) is 5.10 Å². The highest BCUT2D eigenvalue weighted by atomic mass is 19.1. The molecule has 0 atom stereocenters. The number of hydrogen-bond donors (Lipinski definition) is 0. The number of aromatic nitrogens is 2. The van der Waals surface area contributed by atoms with E-state index in [0.29, 0.717) is 44.1 Å². The van der Waals surface area contributed by atoms with Crippen molar-refractivity contribution in [2.75, 3.05) is 31.1 Å². The van der Waals surface area contributed by atoms with Crippen LogP contribution in [0.15, 0.2) is 84.9 Å². The van der Waals surface area contributed by atoms with E-state index >= 15 is 0 Å². The smallest absolute Gasteiger partial charge is 0.272 e. The third-order valence-corrected chi connectivity index (χ3v) is 6.98. The lowest BCUT2D eigenvalue weighted by Crippen LogP contribution is -2.49. The van der Waals surface area contributed by atoms with Crippen LogP contribution in [0.25, 0.3) is 11.3 Å². The fourth-order valence-corrected chi connectivity index (χ4v) is 4.76. The minimum Gasteiger partial charge on any atom is -0.366 e. The zero-order chi connectivity index (χ0) is 26.0. The van der Waals surface area contributed by atoms with Crippen LogP contribution in [0.2, 0.25) is 0 Å². The van der Waals surface area contributed by atoms with Crippen LogP contribution < -0.4 is 4.90 Å². The molecule has 0 N–H and O–H groups in total. The summed E-state index contributed by atoms with van der Waals surface area (Å²) in [6.07, 6.45) is 0. The first-order valence-electron chi connectivity index (χ1n) is 12.8. The van der Waals surface area contributed by atoms with Crippen molar-refractivity contribution in [1.29, 1.82) is 0 Å². The average Bonchev–Trinajstić information content (AvgIpc) is 3.33. The molecule has 0 aliphatic carbocycles. The molecule has 1 aliphatic heterocycles. The highest BCUT2D eigenvalue weighted by molar-refractivity contribution is 5.94. The van der Waals surface area contributed by atoms with Gasteiger partial charge in [-0.05, 0) is 34.7 Å². The monoisotopic (exact) mass is 496 g/mol. The molecule has 0 unspecified atom stereocenters. The molecule has 3 aromatic carbocycles. The van der Waals surface area contributed by atoms with Crippen LogP contribution >= 0.6 is 0 Å². The van der Waals surface area contributed by atoms with Crippen molar-refractivity contribution >= 4 is 11.6 Å². The number of amides is 1. The lowest BCUT2D eigenvalue weighted by Gasteiger charge is -2.36. The lowest BCUT2D eigenvalue weighted by atomic mass is 9.87. The van der Waals surface area contributed by atoms with Crippen molar-refractivity contribution in [3.8, 4) is 11.3 Å². The van der Waals surface area contributed by atoms with Gasteiger partial charge in [0.15, 0.2) is 0 Å². The number of anilines is 1. The fraction of sp³-hybridized carbons (Fsp3) is 0.290. The van der Waals surface area contributed by atoms with Gasteiger partial charge in [-0.1, -0.05) is 87.5 Å². The molecular weight excluding hydrogens is 463 g/mol. The molecule has 1 saturated heterocycles. The highest BCUT2D eigenvalue weighted by Crippen LogP contribution is 2.25. The van der Waals surface area contributed by atoms with Gasteiger partial charge in [0, 0.05) is 31.7 Å². The van der Waals surface area contributed by atoms with Gasteiger partial charge in [0.1, 0.15) is 11.5 Å². The normalized spacial score (nSPS) is 14.2. The molecule has 0 bridgehead atoms. The van der Waals surface area contributed by atoms with E-state index < -0.39 is 0 Å². The Morgan fingerprint density at radius 3 is 2.16 bits per heavy atom. The minimum absolute atomic E-state index is 0.0471. The third-order valence-electron chi connectivity index (χ3n) is 6.98. The quantitative estimate of drug-likeness (QED) is 0.340. The highest BCUT2D eigenvalue weighted by Gasteiger charge is 2.27. The Labute approximate surface area is 218 Å². The van der Waals surface area contributed by atoms with Crippen molar-refractivity contribution < 1.29 is 9.18 Å². The second-order valence-electron chi connectivity index (χ2n) is 10.6. The summed E-state index contributed by atoms with van der Waals surface area (Å²) in [5, 5.41) is 4.85. The summed E-state index contributed by atoms with van der Waals surface area (Å²) in [4.78, 5) is 17.6. The van der Waals surface area contributed by atoms with E-state index in [1.165, 1.54) is 11.6 Å². The van der Waals surface area contributed by atoms with Crippen molar-refractivity contribution in [1.82, 2.24) is 14.7 Å². The molecule has 6 heteroatoms. The molecule has 37 heavy (non-hydrogen) atoms. The first-order valence-corrected chi connectivity index (χ1v) is 12.8. The van der Waals surface area contributed by atoms with E-state index in [-0.39, 0.29) is 17.1 Å². The molecule has 5 nitrogen and oxygen atoms in total. The van der Waals surface area contributed by atoms with E-state index in [4.69, 9.17) is 5.10 Å². The van der Waals surface area contributed by atoms with Crippen LogP contribution in [0.5, 0.6) is 0 Å². The number of carbonyl (C=O) groups excluding carboxylic acids is 1. The van der Waals surface area contributed by atoms with Crippen LogP contribution in [0.3, 0.4) is 0 Å². The maximum absolute atomic E-state index is 14.3. The zero-order valence-corrected chi connectivity index (χ0v) is 21.7. The molecule has 1 aliphatic rings. The van der Waals surface area contributed by atoms with Gasteiger partial charge in [0.05, 0.1) is 17.9 Å². The van der Waals surface area contributed by atoms with Crippen molar-refractivity contribution in [3.63, 3.8) is 0 Å². The van der Waals surface area contributed by atoms with Gasteiger partial charge in [-0.3, -0.25) is 9.48 Å². The number of nitrogens with zero attached hydrogens (tertiary/aromatic N) is 4. The molecule has 190 valence electrons. The molecule has 1 fully saturated rings. The summed E-state index contributed by atoms with van der Waals surface area (Å²) in [6, 6.07) is 27.2. The summed E-state index contributed by atoms with van der Waals surface area (Å²) in [7, 11) is 0. The van der Waals surface area contributed by atoms with Gasteiger partial charge in [-0.15, -0.1) is 0 Å². The van der Waals surface area contributed by atoms with E-state index in [2.05, 4.69) is 45.0 Å². The number of piperazine rings is 1. The summed E-state index contributed by atoms with van der Waals surface area (Å²) >= 11 is 0. The zero-order valence-electron chi connectivity index (χ0n) is 21.7. The number of para-hydroxylation sites is 1. The Morgan fingerprint density at radius 2 is 1.51 bits per heavy atom. The summed E-state index contributed by atoms with van der Waals surface area (Å²) in [6.45, 7) is 9.33. The molecule has 0 saturated carbocycles. The summed E-state index contributed by atoms with van der Waals surface area (Å²) < 4.78 is 16.1. The molecule has 4 aromatic rings. The second kappa shape index (κ2) is 10.2. The van der Waals surface area contributed by atoms with Gasteiger partial charge in [0.25, 0.3) is 5.91 Å². The van der Waals surface area contributed by atoms with E-state index in [9.17, 15) is 9.18 Å². The van der Waals surface area contributed by atoms with E-state index in [1.807, 2.05) is 56.9 Å². The summed E-state index contributed by atoms with van der Waals surface area (Å²) in [5.41, 5.74) is 5.35. The fourth-order valence-electron chi connectivity index (χ4n) is 4.76. The average molecular weight is 497 g/mol. The predicted molar refractivity (Wildman–Crippen MR) is 146 cm³/mol. The molecule has 0 spiro atoms. The van der Waals surface area contributed by atoms with Gasteiger partial charge in [0.2, 0.25) is 0 Å². The van der Waals surface area contributed by atoms with Crippen LogP contribution in [-0.4, -0.2) is 46.8 Å². The Balaban J connectivity index is 1.39. The molecule has 0 radical (unpaired) electrons. The first kappa shape index (κ1) is 24.8. The predicted octanol–water partition coefficient (Wildman–Crippen LogP) is 6.00. The molecule has 2 heterocycles. The molecule has 1 aromatic heterocycles. The van der Waals surface area contributed by atoms with Gasteiger partial charge < -0.3 is 9.80 Å². The Morgan fingerprint density at radius 1 is 0.865 bits per heavy atom. The van der Waals surface area contributed by atoms with Crippen LogP contribution in [0, 0.1) is 5.82 Å². The number of benzene rings is 3. The second-order valence-corrected chi connectivity index (χ2v) is 10.6. The van der Waals surface area contributed by atoms with Crippen LogP contribution in [-0.2, 0) is 12.0 Å². The summed E-state index contributed by atoms with van der Waals surface area (Å²) in [5.74, 6) is -0.278. The number of rotatable bonds is 5. The Bertz CT molecular complexity index is 1360. The Kier molecular flexibility index (Phi) is 6.83. The van der Waals surface area contributed by atoms with Gasteiger partial charge in [-0.25, -0.2) is 4.39 Å². The Hall–Kier alpha value is -3.93. The maximum Gasteiger partial charge on any atom is 0.272 e. The van der Waals surface area contributed by atoms with Crippen LogP contribution in [0.4, 0.5) is 10.1 Å². The van der Waals surface area contributed by atoms with Crippen molar-refractivity contribution in [3.05, 3.63) is 108 Å². The number of halogens is 1. The minimum atomic E-state index is -0.231. The number of hydrogen-bond acceptors (Lipinski definition) is 3.